The molecule has 0 saturated heterocycles. The molecule has 1 aromatic heterocycles. The SMILES string of the molecule is Cn1ccc(-c2ccc(Cl)c(N)c2)cc1=O. The zero-order chi connectivity index (χ0) is 11.7. The first-order valence-corrected chi connectivity index (χ1v) is 5.18. The van der Waals surface area contributed by atoms with Crippen LogP contribution in [-0.2, 0) is 7.05 Å². The predicted octanol–water partition coefficient (Wildman–Crippen LogP) is 2.29. The molecule has 2 N–H and O–H groups in total. The van der Waals surface area contributed by atoms with Gasteiger partial charge >= 0.3 is 0 Å². The number of aryl methyl sites for hydroxylation is 1. The van der Waals surface area contributed by atoms with Crippen LogP contribution in [-0.4, -0.2) is 4.57 Å². The summed E-state index contributed by atoms with van der Waals surface area (Å²) in [5, 5.41) is 0.521. The maximum Gasteiger partial charge on any atom is 0.250 e. The van der Waals surface area contributed by atoms with Gasteiger partial charge in [-0.05, 0) is 29.3 Å². The Labute approximate surface area is 98.1 Å². The van der Waals surface area contributed by atoms with Crippen LogP contribution in [0.1, 0.15) is 0 Å². The van der Waals surface area contributed by atoms with Crippen molar-refractivity contribution in [2.45, 2.75) is 0 Å². The van der Waals surface area contributed by atoms with Crippen molar-refractivity contribution in [1.82, 2.24) is 4.57 Å². The zero-order valence-electron chi connectivity index (χ0n) is 8.77. The lowest BCUT2D eigenvalue weighted by Crippen LogP contribution is -2.14. The lowest BCUT2D eigenvalue weighted by molar-refractivity contribution is 0.861. The van der Waals surface area contributed by atoms with Gasteiger partial charge in [-0.15, -0.1) is 0 Å². The normalized spacial score (nSPS) is 10.4. The number of hydrogen-bond donors (Lipinski definition) is 1. The molecular formula is C12H11ClN2O. The van der Waals surface area contributed by atoms with Crippen molar-refractivity contribution in [3.05, 3.63) is 51.9 Å². The minimum atomic E-state index is -0.0500. The molecule has 0 spiro atoms. The largest absolute Gasteiger partial charge is 0.398 e. The first kappa shape index (κ1) is 10.8. The lowest BCUT2D eigenvalue weighted by Gasteiger charge is -2.05. The molecule has 0 atom stereocenters. The highest BCUT2D eigenvalue weighted by molar-refractivity contribution is 6.33. The summed E-state index contributed by atoms with van der Waals surface area (Å²) < 4.78 is 1.52. The van der Waals surface area contributed by atoms with Crippen molar-refractivity contribution >= 4 is 17.3 Å². The highest BCUT2D eigenvalue weighted by atomic mass is 35.5. The van der Waals surface area contributed by atoms with E-state index in [4.69, 9.17) is 17.3 Å². The van der Waals surface area contributed by atoms with E-state index in [9.17, 15) is 4.79 Å². The summed E-state index contributed by atoms with van der Waals surface area (Å²) in [6.07, 6.45) is 1.72. The Balaban J connectivity index is 2.55. The molecule has 16 heavy (non-hydrogen) atoms. The van der Waals surface area contributed by atoms with Crippen LogP contribution in [0.2, 0.25) is 5.02 Å². The molecule has 0 radical (unpaired) electrons. The second-order valence-electron chi connectivity index (χ2n) is 3.60. The van der Waals surface area contributed by atoms with E-state index in [-0.39, 0.29) is 5.56 Å². The Morgan fingerprint density at radius 2 is 1.88 bits per heavy atom. The molecule has 0 fully saturated rings. The van der Waals surface area contributed by atoms with E-state index >= 15 is 0 Å². The molecule has 2 rings (SSSR count). The molecule has 0 amide bonds. The van der Waals surface area contributed by atoms with Gasteiger partial charge in [-0.3, -0.25) is 4.79 Å². The number of nitrogen functional groups attached to an aromatic ring is 1. The summed E-state index contributed by atoms with van der Waals surface area (Å²) in [6.45, 7) is 0. The van der Waals surface area contributed by atoms with Gasteiger partial charge in [-0.2, -0.15) is 0 Å². The molecule has 2 aromatic rings. The number of nitrogens with two attached hydrogens (primary N) is 1. The second kappa shape index (κ2) is 4.02. The molecule has 0 aliphatic rings. The van der Waals surface area contributed by atoms with Gasteiger partial charge in [0.2, 0.25) is 0 Å². The van der Waals surface area contributed by atoms with Gasteiger partial charge in [0.1, 0.15) is 0 Å². The molecule has 1 heterocycles. The number of benzene rings is 1. The Bertz CT molecular complexity index is 590. The van der Waals surface area contributed by atoms with Gasteiger partial charge in [0.15, 0.2) is 0 Å². The number of pyridine rings is 1. The van der Waals surface area contributed by atoms with Crippen LogP contribution in [0.3, 0.4) is 0 Å². The minimum absolute atomic E-state index is 0.0500. The van der Waals surface area contributed by atoms with E-state index in [1.165, 1.54) is 4.57 Å². The fourth-order valence-corrected chi connectivity index (χ4v) is 1.57. The third kappa shape index (κ3) is 1.95. The smallest absolute Gasteiger partial charge is 0.250 e. The van der Waals surface area contributed by atoms with Crippen LogP contribution in [0.5, 0.6) is 0 Å². The summed E-state index contributed by atoms with van der Waals surface area (Å²) in [4.78, 5) is 11.5. The van der Waals surface area contributed by atoms with E-state index in [1.807, 2.05) is 12.1 Å². The fraction of sp³-hybridized carbons (Fsp3) is 0.0833. The lowest BCUT2D eigenvalue weighted by atomic mass is 10.1. The molecule has 0 saturated carbocycles. The fourth-order valence-electron chi connectivity index (χ4n) is 1.45. The molecule has 82 valence electrons. The molecular weight excluding hydrogens is 224 g/mol. The van der Waals surface area contributed by atoms with E-state index in [1.54, 1.807) is 31.4 Å². The number of halogens is 1. The Morgan fingerprint density at radius 1 is 1.19 bits per heavy atom. The maximum atomic E-state index is 11.5. The average Bonchev–Trinajstić information content (AvgIpc) is 2.26. The molecule has 3 nitrogen and oxygen atoms in total. The zero-order valence-corrected chi connectivity index (χ0v) is 9.53. The molecule has 0 aliphatic carbocycles. The highest BCUT2D eigenvalue weighted by Gasteiger charge is 2.02. The molecule has 0 aliphatic heterocycles. The van der Waals surface area contributed by atoms with E-state index in [0.29, 0.717) is 10.7 Å². The first-order valence-electron chi connectivity index (χ1n) is 4.80. The van der Waals surface area contributed by atoms with Crippen molar-refractivity contribution < 1.29 is 0 Å². The standard InChI is InChI=1S/C12H11ClN2O/c1-15-5-4-9(7-12(15)16)8-2-3-10(13)11(14)6-8/h2-7H,14H2,1H3. The predicted molar refractivity (Wildman–Crippen MR) is 66.5 cm³/mol. The number of anilines is 1. The van der Waals surface area contributed by atoms with Gasteiger partial charge in [0, 0.05) is 19.3 Å². The Hall–Kier alpha value is -1.74. The quantitative estimate of drug-likeness (QED) is 0.770. The van der Waals surface area contributed by atoms with Crippen LogP contribution < -0.4 is 11.3 Å². The Kier molecular flexibility index (Phi) is 2.71. The summed E-state index contributed by atoms with van der Waals surface area (Å²) in [6, 6.07) is 8.76. The van der Waals surface area contributed by atoms with Gasteiger partial charge in [0.05, 0.1) is 10.7 Å². The second-order valence-corrected chi connectivity index (χ2v) is 4.01. The van der Waals surface area contributed by atoms with E-state index < -0.39 is 0 Å². The van der Waals surface area contributed by atoms with Crippen molar-refractivity contribution in [3.8, 4) is 11.1 Å². The summed E-state index contributed by atoms with van der Waals surface area (Å²) in [7, 11) is 1.71. The van der Waals surface area contributed by atoms with Gasteiger partial charge in [0.25, 0.3) is 5.56 Å². The number of rotatable bonds is 1. The van der Waals surface area contributed by atoms with Crippen LogP contribution in [0.4, 0.5) is 5.69 Å². The first-order chi connectivity index (χ1) is 7.58. The topological polar surface area (TPSA) is 48.0 Å². The minimum Gasteiger partial charge on any atom is -0.398 e. The van der Waals surface area contributed by atoms with Gasteiger partial charge in [-0.1, -0.05) is 17.7 Å². The molecule has 1 aromatic carbocycles. The monoisotopic (exact) mass is 234 g/mol. The van der Waals surface area contributed by atoms with Crippen LogP contribution >= 0.6 is 11.6 Å². The maximum absolute atomic E-state index is 11.5. The molecule has 0 unspecified atom stereocenters. The summed E-state index contributed by atoms with van der Waals surface area (Å²) >= 11 is 5.83. The third-order valence-corrected chi connectivity index (χ3v) is 2.78. The number of nitrogens with zero attached hydrogens (tertiary/aromatic N) is 1. The van der Waals surface area contributed by atoms with E-state index in [0.717, 1.165) is 11.1 Å². The van der Waals surface area contributed by atoms with Crippen LogP contribution in [0, 0.1) is 0 Å². The van der Waals surface area contributed by atoms with Crippen molar-refractivity contribution in [1.29, 1.82) is 0 Å². The van der Waals surface area contributed by atoms with Crippen molar-refractivity contribution in [3.63, 3.8) is 0 Å². The Morgan fingerprint density at radius 3 is 2.50 bits per heavy atom. The average molecular weight is 235 g/mol. The highest BCUT2D eigenvalue weighted by Crippen LogP contribution is 2.25. The summed E-state index contributed by atoms with van der Waals surface area (Å²) in [5.74, 6) is 0. The number of hydrogen-bond acceptors (Lipinski definition) is 2. The van der Waals surface area contributed by atoms with Gasteiger partial charge < -0.3 is 10.3 Å². The third-order valence-electron chi connectivity index (χ3n) is 2.43. The summed E-state index contributed by atoms with van der Waals surface area (Å²) in [5.41, 5.74) is 7.90. The van der Waals surface area contributed by atoms with Crippen LogP contribution in [0.25, 0.3) is 11.1 Å². The van der Waals surface area contributed by atoms with Crippen molar-refractivity contribution in [2.75, 3.05) is 5.73 Å². The molecule has 0 bridgehead atoms. The van der Waals surface area contributed by atoms with Crippen molar-refractivity contribution in [2.24, 2.45) is 7.05 Å². The van der Waals surface area contributed by atoms with Crippen LogP contribution in [0.15, 0.2) is 41.3 Å². The van der Waals surface area contributed by atoms with Gasteiger partial charge in [-0.25, -0.2) is 0 Å². The van der Waals surface area contributed by atoms with E-state index in [2.05, 4.69) is 0 Å². The number of aromatic nitrogens is 1. The molecule has 4 heteroatoms.